The van der Waals surface area contributed by atoms with E-state index in [4.69, 9.17) is 11.6 Å². The van der Waals surface area contributed by atoms with Gasteiger partial charge in [0.05, 0.1) is 11.4 Å². The molecule has 0 aliphatic carbocycles. The Balaban J connectivity index is 3.34. The molecule has 1 aromatic carbocycles. The van der Waals surface area contributed by atoms with E-state index in [-0.39, 0.29) is 11.7 Å². The average molecular weight is 276 g/mol. The van der Waals surface area contributed by atoms with Gasteiger partial charge in [0.15, 0.2) is 0 Å². The summed E-state index contributed by atoms with van der Waals surface area (Å²) in [5, 5.41) is 0.544. The molecule has 0 bridgehead atoms. The van der Waals surface area contributed by atoms with E-state index in [0.29, 0.717) is 10.7 Å². The lowest BCUT2D eigenvalue weighted by Gasteiger charge is -2.23. The Morgan fingerprint density at radius 3 is 2.41 bits per heavy atom. The molecule has 0 radical (unpaired) electrons. The molecule has 96 valence electrons. The van der Waals surface area contributed by atoms with Gasteiger partial charge >= 0.3 is 0 Å². The van der Waals surface area contributed by atoms with Gasteiger partial charge < -0.3 is 0 Å². The van der Waals surface area contributed by atoms with Crippen LogP contribution in [0.2, 0.25) is 5.02 Å². The van der Waals surface area contributed by atoms with E-state index in [1.54, 1.807) is 26.1 Å². The molecular formula is C12H18ClNO2S. The van der Waals surface area contributed by atoms with Crippen LogP contribution >= 0.6 is 11.6 Å². The largest absolute Gasteiger partial charge is 0.273 e. The minimum Gasteiger partial charge on any atom is -0.273 e. The summed E-state index contributed by atoms with van der Waals surface area (Å²) in [4.78, 5) is 0. The number of hydrogen-bond donors (Lipinski definition) is 0. The second-order valence-corrected chi connectivity index (χ2v) is 6.95. The van der Waals surface area contributed by atoms with E-state index in [1.807, 2.05) is 19.9 Å². The minimum atomic E-state index is -3.25. The average Bonchev–Trinajstić information content (AvgIpc) is 2.27. The van der Waals surface area contributed by atoms with Gasteiger partial charge in [0, 0.05) is 12.1 Å². The van der Waals surface area contributed by atoms with Gasteiger partial charge in [-0.1, -0.05) is 31.5 Å². The summed E-state index contributed by atoms with van der Waals surface area (Å²) in [5.74, 6) is 0.324. The Kier molecular flexibility index (Phi) is 4.44. The van der Waals surface area contributed by atoms with E-state index in [0.717, 1.165) is 5.56 Å². The number of anilines is 1. The van der Waals surface area contributed by atoms with Crippen LogP contribution in [0.5, 0.6) is 0 Å². The van der Waals surface area contributed by atoms with Crippen LogP contribution in [-0.4, -0.2) is 21.2 Å². The molecule has 5 heteroatoms. The molecule has 17 heavy (non-hydrogen) atoms. The van der Waals surface area contributed by atoms with Gasteiger partial charge in [0.25, 0.3) is 0 Å². The van der Waals surface area contributed by atoms with E-state index >= 15 is 0 Å². The van der Waals surface area contributed by atoms with Crippen molar-refractivity contribution in [2.45, 2.75) is 26.7 Å². The van der Waals surface area contributed by atoms with Crippen molar-refractivity contribution in [2.24, 2.45) is 0 Å². The standard InChI is InChI=1S/C12H18ClNO2S/c1-5-17(15,16)14(4)12-8-10(13)6-7-11(12)9(2)3/h6-9H,5H2,1-4H3. The maximum atomic E-state index is 11.9. The Labute approximate surface area is 108 Å². The Morgan fingerprint density at radius 2 is 1.94 bits per heavy atom. The highest BCUT2D eigenvalue weighted by Gasteiger charge is 2.20. The molecule has 0 unspecified atom stereocenters. The van der Waals surface area contributed by atoms with Gasteiger partial charge in [-0.2, -0.15) is 0 Å². The van der Waals surface area contributed by atoms with Crippen molar-refractivity contribution in [1.82, 2.24) is 0 Å². The van der Waals surface area contributed by atoms with Crippen LogP contribution in [0.1, 0.15) is 32.3 Å². The van der Waals surface area contributed by atoms with Gasteiger partial charge in [0.2, 0.25) is 10.0 Å². The zero-order valence-corrected chi connectivity index (χ0v) is 12.1. The molecular weight excluding hydrogens is 258 g/mol. The summed E-state index contributed by atoms with van der Waals surface area (Å²) in [6, 6.07) is 5.36. The van der Waals surface area contributed by atoms with Crippen LogP contribution < -0.4 is 4.31 Å². The van der Waals surface area contributed by atoms with Crippen LogP contribution in [0.25, 0.3) is 0 Å². The normalized spacial score (nSPS) is 11.9. The number of hydrogen-bond acceptors (Lipinski definition) is 2. The third-order valence-electron chi connectivity index (χ3n) is 2.74. The van der Waals surface area contributed by atoms with Crippen molar-refractivity contribution in [1.29, 1.82) is 0 Å². The Bertz CT molecular complexity index is 497. The van der Waals surface area contributed by atoms with Crippen LogP contribution in [0, 0.1) is 0 Å². The number of sulfonamides is 1. The monoisotopic (exact) mass is 275 g/mol. The fourth-order valence-corrected chi connectivity index (χ4v) is 2.63. The molecule has 0 atom stereocenters. The van der Waals surface area contributed by atoms with E-state index in [1.165, 1.54) is 4.31 Å². The van der Waals surface area contributed by atoms with Crippen LogP contribution in [0.3, 0.4) is 0 Å². The smallest absolute Gasteiger partial charge is 0.234 e. The molecule has 0 fully saturated rings. The summed E-state index contributed by atoms with van der Waals surface area (Å²) in [7, 11) is -1.68. The van der Waals surface area contributed by atoms with Crippen LogP contribution in [0.4, 0.5) is 5.69 Å². The summed E-state index contributed by atoms with van der Waals surface area (Å²) in [6.45, 7) is 5.68. The first-order valence-electron chi connectivity index (χ1n) is 5.55. The first-order valence-corrected chi connectivity index (χ1v) is 7.54. The van der Waals surface area contributed by atoms with E-state index in [9.17, 15) is 8.42 Å². The van der Waals surface area contributed by atoms with Gasteiger partial charge in [0.1, 0.15) is 0 Å². The highest BCUT2D eigenvalue weighted by atomic mass is 35.5. The van der Waals surface area contributed by atoms with Gasteiger partial charge in [-0.3, -0.25) is 4.31 Å². The molecule has 0 aromatic heterocycles. The SMILES string of the molecule is CCS(=O)(=O)N(C)c1cc(Cl)ccc1C(C)C. The lowest BCUT2D eigenvalue weighted by atomic mass is 10.0. The second kappa shape index (κ2) is 5.27. The van der Waals surface area contributed by atoms with Crippen LogP contribution in [-0.2, 0) is 10.0 Å². The Morgan fingerprint density at radius 1 is 1.35 bits per heavy atom. The van der Waals surface area contributed by atoms with Gasteiger partial charge in [-0.05, 0) is 30.5 Å². The maximum absolute atomic E-state index is 11.9. The van der Waals surface area contributed by atoms with Crippen molar-refractivity contribution in [3.05, 3.63) is 28.8 Å². The summed E-state index contributed by atoms with van der Waals surface area (Å²) < 4.78 is 25.1. The molecule has 0 amide bonds. The highest BCUT2D eigenvalue weighted by Crippen LogP contribution is 2.31. The zero-order valence-electron chi connectivity index (χ0n) is 10.6. The van der Waals surface area contributed by atoms with Crippen LogP contribution in [0.15, 0.2) is 18.2 Å². The van der Waals surface area contributed by atoms with Crippen molar-refractivity contribution < 1.29 is 8.42 Å². The third-order valence-corrected chi connectivity index (χ3v) is 4.73. The number of rotatable bonds is 4. The maximum Gasteiger partial charge on any atom is 0.234 e. The van der Waals surface area contributed by atoms with Crippen molar-refractivity contribution in [3.8, 4) is 0 Å². The van der Waals surface area contributed by atoms with Gasteiger partial charge in [-0.15, -0.1) is 0 Å². The van der Waals surface area contributed by atoms with Crippen molar-refractivity contribution >= 4 is 27.3 Å². The predicted octanol–water partition coefficient (Wildman–Crippen LogP) is 3.25. The molecule has 1 rings (SSSR count). The van der Waals surface area contributed by atoms with Crippen molar-refractivity contribution in [3.63, 3.8) is 0 Å². The molecule has 0 saturated heterocycles. The predicted molar refractivity (Wildman–Crippen MR) is 73.4 cm³/mol. The fraction of sp³-hybridized carbons (Fsp3) is 0.500. The molecule has 0 heterocycles. The molecule has 3 nitrogen and oxygen atoms in total. The molecule has 0 aliphatic rings. The zero-order chi connectivity index (χ0) is 13.2. The molecule has 1 aromatic rings. The van der Waals surface area contributed by atoms with E-state index < -0.39 is 10.0 Å². The highest BCUT2D eigenvalue weighted by molar-refractivity contribution is 7.92. The molecule has 0 aliphatic heterocycles. The summed E-state index contributed by atoms with van der Waals surface area (Å²) in [5.41, 5.74) is 1.64. The molecule has 0 spiro atoms. The lowest BCUT2D eigenvalue weighted by molar-refractivity contribution is 0.595. The third kappa shape index (κ3) is 3.13. The molecule has 0 N–H and O–H groups in total. The molecule has 0 saturated carbocycles. The number of benzene rings is 1. The number of nitrogens with zero attached hydrogens (tertiary/aromatic N) is 1. The second-order valence-electron chi connectivity index (χ2n) is 4.23. The summed E-state index contributed by atoms with van der Waals surface area (Å²) >= 11 is 5.94. The first-order chi connectivity index (χ1) is 7.79. The fourth-order valence-electron chi connectivity index (χ4n) is 1.62. The lowest BCUT2D eigenvalue weighted by Crippen LogP contribution is -2.29. The first kappa shape index (κ1) is 14.3. The van der Waals surface area contributed by atoms with Crippen molar-refractivity contribution in [2.75, 3.05) is 17.1 Å². The van der Waals surface area contributed by atoms with E-state index in [2.05, 4.69) is 0 Å². The minimum absolute atomic E-state index is 0.0769. The Hall–Kier alpha value is -0.740. The van der Waals surface area contributed by atoms with Gasteiger partial charge in [-0.25, -0.2) is 8.42 Å². The topological polar surface area (TPSA) is 37.4 Å². The number of halogens is 1. The quantitative estimate of drug-likeness (QED) is 0.846. The summed E-state index contributed by atoms with van der Waals surface area (Å²) in [6.07, 6.45) is 0.